The monoisotopic (exact) mass is 889 g/mol. The van der Waals surface area contributed by atoms with Crippen molar-refractivity contribution in [3.8, 4) is 66.8 Å². The average molecular weight is 890 g/mol. The van der Waals surface area contributed by atoms with Crippen LogP contribution in [0.15, 0.2) is 267 Å². The predicted octanol–water partition coefficient (Wildman–Crippen LogP) is 17.8. The largest absolute Gasteiger partial charge is 0.310 e. The van der Waals surface area contributed by atoms with Gasteiger partial charge in [0.15, 0.2) is 0 Å². The molecule has 14 rings (SSSR count). The average Bonchev–Trinajstić information content (AvgIpc) is 4.01. The molecular weight excluding hydrogens is 843 g/mol. The molecule has 328 valence electrons. The van der Waals surface area contributed by atoms with Gasteiger partial charge in [-0.3, -0.25) is 0 Å². The number of anilines is 3. The van der Waals surface area contributed by atoms with Gasteiger partial charge in [0.05, 0.1) is 11.1 Å². The van der Waals surface area contributed by atoms with Gasteiger partial charge in [-0.25, -0.2) is 0 Å². The number of rotatable bonds is 7. The molecule has 0 radical (unpaired) electrons. The molecule has 3 aliphatic rings. The number of nitrogens with zero attached hydrogens (tertiary/aromatic N) is 1. The van der Waals surface area contributed by atoms with Gasteiger partial charge in [0.1, 0.15) is 0 Å². The van der Waals surface area contributed by atoms with Crippen LogP contribution in [0.1, 0.15) is 45.9 Å². The lowest BCUT2D eigenvalue weighted by Crippen LogP contribution is -2.26. The highest BCUT2D eigenvalue weighted by atomic mass is 15.1. The van der Waals surface area contributed by atoms with Gasteiger partial charge in [0.25, 0.3) is 0 Å². The second-order valence-electron chi connectivity index (χ2n) is 19.3. The Balaban J connectivity index is 1.00. The molecule has 1 heteroatoms. The Bertz CT molecular complexity index is 3730. The van der Waals surface area contributed by atoms with E-state index in [4.69, 9.17) is 0 Å². The van der Waals surface area contributed by atoms with Gasteiger partial charge >= 0.3 is 0 Å². The van der Waals surface area contributed by atoms with E-state index in [9.17, 15) is 0 Å². The molecule has 0 aliphatic heterocycles. The summed E-state index contributed by atoms with van der Waals surface area (Å²) in [4.78, 5) is 2.54. The van der Waals surface area contributed by atoms with Crippen LogP contribution < -0.4 is 4.90 Å². The van der Waals surface area contributed by atoms with Gasteiger partial charge in [-0.2, -0.15) is 0 Å². The summed E-state index contributed by atoms with van der Waals surface area (Å²) < 4.78 is 0. The van der Waals surface area contributed by atoms with Crippen molar-refractivity contribution in [3.63, 3.8) is 0 Å². The van der Waals surface area contributed by atoms with Gasteiger partial charge in [-0.15, -0.1) is 0 Å². The Morgan fingerprint density at radius 1 is 0.271 bits per heavy atom. The van der Waals surface area contributed by atoms with Crippen LogP contribution in [0, 0.1) is 0 Å². The standard InChI is InChI=1S/C69H47N/c1-68(52-24-9-4-10-25-52)60-30-15-11-26-55(60)58-41-40-54(45-65(58)68)70(53-38-36-48(37-39-53)51-43-49(46-20-5-2-6-21-46)42-50(44-51)47-22-7-3-8-23-47)66-35-19-34-64-67(66)59-29-14-18-33-63(59)69(64)61-31-16-12-27-56(61)57-28-13-17-32-62(57)69/h2-45H,1H3. The van der Waals surface area contributed by atoms with Gasteiger partial charge in [0, 0.05) is 22.4 Å². The fourth-order valence-electron chi connectivity index (χ4n) is 12.6. The molecule has 0 aromatic heterocycles. The molecule has 0 bridgehead atoms. The highest BCUT2D eigenvalue weighted by Crippen LogP contribution is 2.65. The molecule has 1 spiro atoms. The Morgan fingerprint density at radius 2 is 0.686 bits per heavy atom. The zero-order valence-corrected chi connectivity index (χ0v) is 38.9. The first-order chi connectivity index (χ1) is 34.6. The smallest absolute Gasteiger partial charge is 0.0726 e. The summed E-state index contributed by atoms with van der Waals surface area (Å²) >= 11 is 0. The normalized spacial score (nSPS) is 15.1. The van der Waals surface area contributed by atoms with Crippen LogP contribution in [0.5, 0.6) is 0 Å². The van der Waals surface area contributed by atoms with E-state index >= 15 is 0 Å². The molecule has 1 unspecified atom stereocenters. The third-order valence-electron chi connectivity index (χ3n) is 15.8. The molecule has 0 fully saturated rings. The summed E-state index contributed by atoms with van der Waals surface area (Å²) in [6, 6.07) is 99.5. The minimum absolute atomic E-state index is 0.356. The SMILES string of the molecule is CC1(c2ccccc2)c2ccccc2-c2ccc(N(c3ccc(-c4cc(-c5ccccc5)cc(-c5ccccc5)c4)cc3)c3cccc4c3-c3ccccc3C43c4ccccc4-c4ccccc43)cc21. The van der Waals surface area contributed by atoms with Crippen LogP contribution in [0.2, 0.25) is 0 Å². The molecule has 11 aromatic carbocycles. The first kappa shape index (κ1) is 40.3. The third-order valence-corrected chi connectivity index (χ3v) is 15.8. The van der Waals surface area contributed by atoms with E-state index in [1.165, 1.54) is 106 Å². The lowest BCUT2D eigenvalue weighted by Gasteiger charge is -2.33. The first-order valence-electron chi connectivity index (χ1n) is 24.5. The number of hydrogen-bond acceptors (Lipinski definition) is 1. The minimum atomic E-state index is -0.462. The lowest BCUT2D eigenvalue weighted by molar-refractivity contribution is 0.714. The maximum Gasteiger partial charge on any atom is 0.0726 e. The van der Waals surface area contributed by atoms with E-state index in [1.54, 1.807) is 0 Å². The molecule has 0 amide bonds. The van der Waals surface area contributed by atoms with Gasteiger partial charge in [-0.1, -0.05) is 218 Å². The number of fused-ring (bicyclic) bond motifs is 13. The van der Waals surface area contributed by atoms with Crippen molar-refractivity contribution >= 4 is 17.1 Å². The predicted molar refractivity (Wildman–Crippen MR) is 291 cm³/mol. The molecular formula is C69H47N. The molecule has 0 saturated carbocycles. The zero-order valence-electron chi connectivity index (χ0n) is 38.9. The number of hydrogen-bond donors (Lipinski definition) is 0. The summed E-state index contributed by atoms with van der Waals surface area (Å²) in [7, 11) is 0. The number of benzene rings is 11. The van der Waals surface area contributed by atoms with Crippen molar-refractivity contribution in [2.75, 3.05) is 4.90 Å². The minimum Gasteiger partial charge on any atom is -0.310 e. The molecule has 70 heavy (non-hydrogen) atoms. The zero-order chi connectivity index (χ0) is 46.4. The second-order valence-corrected chi connectivity index (χ2v) is 19.3. The van der Waals surface area contributed by atoms with E-state index in [-0.39, 0.29) is 5.41 Å². The van der Waals surface area contributed by atoms with Crippen molar-refractivity contribution < 1.29 is 0 Å². The summed E-state index contributed by atoms with van der Waals surface area (Å²) in [6.07, 6.45) is 0. The van der Waals surface area contributed by atoms with Crippen LogP contribution in [-0.4, -0.2) is 0 Å². The van der Waals surface area contributed by atoms with E-state index in [2.05, 4.69) is 279 Å². The Hall–Kier alpha value is -8.78. The summed E-state index contributed by atoms with van der Waals surface area (Å²) in [6.45, 7) is 2.42. The third kappa shape index (κ3) is 5.79. The van der Waals surface area contributed by atoms with E-state index < -0.39 is 5.41 Å². The molecule has 1 nitrogen and oxygen atoms in total. The van der Waals surface area contributed by atoms with Gasteiger partial charge in [0.2, 0.25) is 0 Å². The van der Waals surface area contributed by atoms with E-state index in [0.717, 1.165) is 17.1 Å². The quantitative estimate of drug-likeness (QED) is 0.154. The highest BCUT2D eigenvalue weighted by Gasteiger charge is 2.52. The van der Waals surface area contributed by atoms with Crippen LogP contribution in [0.25, 0.3) is 66.8 Å². The Morgan fingerprint density at radius 3 is 1.26 bits per heavy atom. The molecule has 1 atom stereocenters. The molecule has 0 N–H and O–H groups in total. The summed E-state index contributed by atoms with van der Waals surface area (Å²) in [5, 5.41) is 0. The van der Waals surface area contributed by atoms with Gasteiger partial charge in [-0.05, 0) is 156 Å². The van der Waals surface area contributed by atoms with Gasteiger partial charge < -0.3 is 4.90 Å². The van der Waals surface area contributed by atoms with Crippen LogP contribution in [-0.2, 0) is 10.8 Å². The molecule has 0 heterocycles. The molecule has 3 aliphatic carbocycles. The Labute approximate surface area is 410 Å². The molecule has 0 saturated heterocycles. The molecule has 11 aromatic rings. The lowest BCUT2D eigenvalue weighted by atomic mass is 9.70. The fraction of sp³-hybridized carbons (Fsp3) is 0.0435. The Kier molecular flexibility index (Phi) is 9.00. The summed E-state index contributed by atoms with van der Waals surface area (Å²) in [5.41, 5.74) is 26.7. The highest BCUT2D eigenvalue weighted by molar-refractivity contribution is 6.01. The fourth-order valence-corrected chi connectivity index (χ4v) is 12.6. The van der Waals surface area contributed by atoms with Crippen molar-refractivity contribution in [3.05, 3.63) is 306 Å². The van der Waals surface area contributed by atoms with Crippen LogP contribution >= 0.6 is 0 Å². The maximum atomic E-state index is 2.54. The first-order valence-corrected chi connectivity index (χ1v) is 24.5. The van der Waals surface area contributed by atoms with Crippen molar-refractivity contribution in [2.24, 2.45) is 0 Å². The van der Waals surface area contributed by atoms with Crippen LogP contribution in [0.3, 0.4) is 0 Å². The maximum absolute atomic E-state index is 2.54. The van der Waals surface area contributed by atoms with Crippen molar-refractivity contribution in [1.29, 1.82) is 0 Å². The van der Waals surface area contributed by atoms with Crippen molar-refractivity contribution in [1.82, 2.24) is 0 Å². The van der Waals surface area contributed by atoms with E-state index in [0.29, 0.717) is 0 Å². The second kappa shape index (κ2) is 15.6. The summed E-state index contributed by atoms with van der Waals surface area (Å²) in [5.74, 6) is 0. The topological polar surface area (TPSA) is 3.24 Å². The van der Waals surface area contributed by atoms with E-state index in [1.807, 2.05) is 0 Å². The van der Waals surface area contributed by atoms with Crippen molar-refractivity contribution in [2.45, 2.75) is 17.8 Å². The van der Waals surface area contributed by atoms with Crippen LogP contribution in [0.4, 0.5) is 17.1 Å².